The van der Waals surface area contributed by atoms with Crippen LogP contribution in [0.25, 0.3) is 0 Å². The van der Waals surface area contributed by atoms with Gasteiger partial charge in [-0.25, -0.2) is 0 Å². The molecule has 0 saturated carbocycles. The van der Waals surface area contributed by atoms with Crippen molar-refractivity contribution in [1.29, 1.82) is 0 Å². The van der Waals surface area contributed by atoms with E-state index in [1.165, 1.54) is 10.4 Å². The van der Waals surface area contributed by atoms with Crippen molar-refractivity contribution in [2.75, 3.05) is 19.0 Å². The van der Waals surface area contributed by atoms with E-state index in [4.69, 9.17) is 16.0 Å². The van der Waals surface area contributed by atoms with Crippen LogP contribution < -0.4 is 10.4 Å². The maximum atomic E-state index is 11.0. The minimum atomic E-state index is -2.77. The Morgan fingerprint density at radius 3 is 1.72 bits per heavy atom. The highest BCUT2D eigenvalue weighted by molar-refractivity contribution is 6.99. The average Bonchev–Trinajstić information content (AvgIpc) is 2.87. The van der Waals surface area contributed by atoms with Crippen LogP contribution >= 0.6 is 11.6 Å². The molecule has 3 aromatic rings. The lowest BCUT2D eigenvalue weighted by molar-refractivity contribution is 0.00438. The lowest BCUT2D eigenvalue weighted by Gasteiger charge is -2.45. The van der Waals surface area contributed by atoms with Gasteiger partial charge in [-0.15, -0.1) is 11.6 Å². The van der Waals surface area contributed by atoms with Gasteiger partial charge in [-0.3, -0.25) is 4.90 Å². The van der Waals surface area contributed by atoms with Gasteiger partial charge in [0.1, 0.15) is 0 Å². The summed E-state index contributed by atoms with van der Waals surface area (Å²) in [6.07, 6.45) is -1.38. The summed E-state index contributed by atoms with van der Waals surface area (Å²) in [5.41, 5.74) is 1.11. The Bertz CT molecular complexity index is 989. The van der Waals surface area contributed by atoms with Crippen LogP contribution in [0.15, 0.2) is 91.0 Å². The van der Waals surface area contributed by atoms with E-state index in [1.54, 1.807) is 6.92 Å². The molecule has 36 heavy (non-hydrogen) atoms. The highest BCUT2D eigenvalue weighted by atomic mass is 35.5. The third kappa shape index (κ3) is 6.85. The SMILES string of the molecule is C[C@@H](O)[C@@H](CO[Si](c1ccccc1)(c1ccccc1)C(C)(C)C)N(Cc1ccccc1)C[C@@H](O)CCl. The molecule has 0 saturated heterocycles. The molecule has 3 aromatic carbocycles. The van der Waals surface area contributed by atoms with Crippen molar-refractivity contribution < 1.29 is 14.6 Å². The van der Waals surface area contributed by atoms with Crippen LogP contribution in [0.1, 0.15) is 33.3 Å². The summed E-state index contributed by atoms with van der Waals surface area (Å²) in [5.74, 6) is 0.132. The first-order chi connectivity index (χ1) is 17.2. The van der Waals surface area contributed by atoms with E-state index < -0.39 is 20.5 Å². The number of benzene rings is 3. The second-order valence-electron chi connectivity index (χ2n) is 10.5. The Hall–Kier alpha value is -1.99. The van der Waals surface area contributed by atoms with Gasteiger partial charge in [0.05, 0.1) is 24.9 Å². The molecule has 0 aliphatic rings. The lowest BCUT2D eigenvalue weighted by Crippen LogP contribution is -2.67. The Morgan fingerprint density at radius 1 is 0.833 bits per heavy atom. The monoisotopic (exact) mass is 525 g/mol. The van der Waals surface area contributed by atoms with E-state index in [0.717, 1.165) is 5.56 Å². The van der Waals surface area contributed by atoms with E-state index >= 15 is 0 Å². The maximum absolute atomic E-state index is 11.0. The lowest BCUT2D eigenvalue weighted by atomic mass is 10.1. The number of hydrogen-bond acceptors (Lipinski definition) is 4. The second-order valence-corrected chi connectivity index (χ2v) is 15.1. The molecule has 0 aromatic heterocycles. The standard InChI is InChI=1S/C30H40ClNO3Si/c1-24(33)29(32(22-26(34)20-31)21-25-14-8-5-9-15-25)23-35-36(30(2,3)4,27-16-10-6-11-17-27)28-18-12-7-13-19-28/h5-19,24,26,29,33-34H,20-23H2,1-4H3/t24-,26+,29-/m1/s1. The van der Waals surface area contributed by atoms with Crippen molar-refractivity contribution in [3.63, 3.8) is 0 Å². The zero-order valence-corrected chi connectivity index (χ0v) is 23.6. The summed E-state index contributed by atoms with van der Waals surface area (Å²) < 4.78 is 7.15. The van der Waals surface area contributed by atoms with Crippen LogP contribution in [0, 0.1) is 0 Å². The first-order valence-corrected chi connectivity index (χ1v) is 15.1. The zero-order chi connectivity index (χ0) is 26.2. The van der Waals surface area contributed by atoms with Crippen molar-refractivity contribution >= 4 is 30.3 Å². The average molecular weight is 526 g/mol. The third-order valence-electron chi connectivity index (χ3n) is 6.77. The van der Waals surface area contributed by atoms with Gasteiger partial charge in [0, 0.05) is 19.0 Å². The van der Waals surface area contributed by atoms with Crippen LogP contribution in [-0.4, -0.2) is 60.7 Å². The van der Waals surface area contributed by atoms with E-state index in [0.29, 0.717) is 19.7 Å². The molecule has 0 spiro atoms. The smallest absolute Gasteiger partial charge is 0.261 e. The summed E-state index contributed by atoms with van der Waals surface area (Å²) in [6.45, 7) is 9.78. The Labute approximate surface area is 222 Å². The van der Waals surface area contributed by atoms with Crippen LogP contribution in [0.3, 0.4) is 0 Å². The molecular formula is C30H40ClNO3Si. The predicted molar refractivity (Wildman–Crippen MR) is 153 cm³/mol. The molecule has 0 heterocycles. The molecule has 0 unspecified atom stereocenters. The molecule has 0 bridgehead atoms. The van der Waals surface area contributed by atoms with Gasteiger partial charge in [0.25, 0.3) is 8.32 Å². The van der Waals surface area contributed by atoms with Crippen LogP contribution in [-0.2, 0) is 11.0 Å². The van der Waals surface area contributed by atoms with Gasteiger partial charge in [-0.1, -0.05) is 112 Å². The van der Waals surface area contributed by atoms with Crippen LogP contribution in [0.2, 0.25) is 5.04 Å². The molecule has 0 fully saturated rings. The number of aliphatic hydroxyl groups excluding tert-OH is 2. The third-order valence-corrected chi connectivity index (χ3v) is 12.1. The molecule has 0 aliphatic carbocycles. The van der Waals surface area contributed by atoms with Gasteiger partial charge < -0.3 is 14.6 Å². The Kier molecular flexibility index (Phi) is 10.3. The van der Waals surface area contributed by atoms with Crippen LogP contribution in [0.4, 0.5) is 0 Å². The summed E-state index contributed by atoms with van der Waals surface area (Å²) in [4.78, 5) is 2.10. The first kappa shape index (κ1) is 28.6. The Morgan fingerprint density at radius 2 is 1.31 bits per heavy atom. The number of rotatable bonds is 12. The highest BCUT2D eigenvalue weighted by Crippen LogP contribution is 2.37. The van der Waals surface area contributed by atoms with Crippen molar-refractivity contribution in [3.05, 3.63) is 96.6 Å². The van der Waals surface area contributed by atoms with Crippen molar-refractivity contribution in [2.45, 2.75) is 57.5 Å². The molecule has 4 nitrogen and oxygen atoms in total. The molecule has 2 N–H and O–H groups in total. The largest absolute Gasteiger partial charge is 0.406 e. The van der Waals surface area contributed by atoms with Gasteiger partial charge in [0.15, 0.2) is 0 Å². The molecule has 3 atom stereocenters. The normalized spacial score (nSPS) is 15.0. The fourth-order valence-electron chi connectivity index (χ4n) is 4.98. The fraction of sp³-hybridized carbons (Fsp3) is 0.400. The number of hydrogen-bond donors (Lipinski definition) is 2. The number of halogens is 1. The topological polar surface area (TPSA) is 52.9 Å². The summed E-state index contributed by atoms with van der Waals surface area (Å²) in [7, 11) is -2.77. The van der Waals surface area contributed by atoms with E-state index in [9.17, 15) is 10.2 Å². The molecule has 3 rings (SSSR count). The highest BCUT2D eigenvalue weighted by Gasteiger charge is 2.50. The van der Waals surface area contributed by atoms with Gasteiger partial charge >= 0.3 is 0 Å². The summed E-state index contributed by atoms with van der Waals surface area (Å²) in [6, 6.07) is 30.8. The molecule has 194 valence electrons. The molecule has 0 aliphatic heterocycles. The minimum Gasteiger partial charge on any atom is -0.406 e. The van der Waals surface area contributed by atoms with E-state index in [1.807, 2.05) is 30.3 Å². The number of nitrogens with zero attached hydrogens (tertiary/aromatic N) is 1. The molecular weight excluding hydrogens is 486 g/mol. The van der Waals surface area contributed by atoms with Gasteiger partial charge in [0.2, 0.25) is 0 Å². The van der Waals surface area contributed by atoms with Crippen molar-refractivity contribution in [3.8, 4) is 0 Å². The fourth-order valence-corrected chi connectivity index (χ4v) is 9.65. The van der Waals surface area contributed by atoms with Crippen molar-refractivity contribution in [1.82, 2.24) is 4.90 Å². The van der Waals surface area contributed by atoms with E-state index in [2.05, 4.69) is 86.3 Å². The molecule has 0 amide bonds. The van der Waals surface area contributed by atoms with Gasteiger partial charge in [-0.2, -0.15) is 0 Å². The predicted octanol–water partition coefficient (Wildman–Crippen LogP) is 4.41. The zero-order valence-electron chi connectivity index (χ0n) is 21.8. The number of aliphatic hydroxyl groups is 2. The van der Waals surface area contributed by atoms with Crippen molar-refractivity contribution in [2.24, 2.45) is 0 Å². The number of alkyl halides is 1. The molecule has 6 heteroatoms. The minimum absolute atomic E-state index is 0.132. The summed E-state index contributed by atoms with van der Waals surface area (Å²) in [5, 5.41) is 23.7. The van der Waals surface area contributed by atoms with Gasteiger partial charge in [-0.05, 0) is 27.9 Å². The molecule has 0 radical (unpaired) electrons. The summed E-state index contributed by atoms with van der Waals surface area (Å²) >= 11 is 5.99. The second kappa shape index (κ2) is 13.0. The quantitative estimate of drug-likeness (QED) is 0.271. The maximum Gasteiger partial charge on any atom is 0.261 e. The first-order valence-electron chi connectivity index (χ1n) is 12.6. The van der Waals surface area contributed by atoms with Crippen LogP contribution in [0.5, 0.6) is 0 Å². The van der Waals surface area contributed by atoms with E-state index in [-0.39, 0.29) is 17.0 Å². The Balaban J connectivity index is 2.02.